The molecule has 14 heavy (non-hydrogen) atoms. The summed E-state index contributed by atoms with van der Waals surface area (Å²) in [5, 5.41) is 8.28. The summed E-state index contributed by atoms with van der Waals surface area (Å²) in [6.07, 6.45) is 3.24. The molecule has 0 atom stereocenters. The van der Waals surface area contributed by atoms with Crippen molar-refractivity contribution in [2.45, 2.75) is 19.8 Å². The number of nitrogens with zero attached hydrogens (tertiary/aromatic N) is 2. The number of nitriles is 1. The van der Waals surface area contributed by atoms with Crippen LogP contribution < -0.4 is 5.73 Å². The zero-order valence-electron chi connectivity index (χ0n) is 8.20. The number of hydrogen-bond acceptors (Lipinski definition) is 2. The van der Waals surface area contributed by atoms with E-state index < -0.39 is 0 Å². The minimum atomic E-state index is 0.358. The van der Waals surface area contributed by atoms with Gasteiger partial charge in [0.2, 0.25) is 6.19 Å². The van der Waals surface area contributed by atoms with Crippen molar-refractivity contribution in [2.24, 2.45) is 10.7 Å². The lowest BCUT2D eigenvalue weighted by Crippen LogP contribution is -2.14. The van der Waals surface area contributed by atoms with E-state index >= 15 is 0 Å². The molecule has 0 spiro atoms. The Hall–Kier alpha value is -1.82. The molecule has 0 aliphatic heterocycles. The Morgan fingerprint density at radius 3 is 2.43 bits per heavy atom. The van der Waals surface area contributed by atoms with Crippen molar-refractivity contribution in [1.29, 1.82) is 5.26 Å². The molecule has 3 heteroatoms. The molecule has 0 amide bonds. The van der Waals surface area contributed by atoms with E-state index in [-0.39, 0.29) is 0 Å². The summed E-state index contributed by atoms with van der Waals surface area (Å²) in [4.78, 5) is 3.46. The topological polar surface area (TPSA) is 62.2 Å². The Balaban J connectivity index is 2.70. The summed E-state index contributed by atoms with van der Waals surface area (Å²) >= 11 is 0. The van der Waals surface area contributed by atoms with Crippen LogP contribution in [0.3, 0.4) is 0 Å². The van der Waals surface area contributed by atoms with E-state index in [0.717, 1.165) is 12.0 Å². The molecule has 72 valence electrons. The molecule has 0 aliphatic rings. The third-order valence-electron chi connectivity index (χ3n) is 2.01. The van der Waals surface area contributed by atoms with Crippen LogP contribution in [0.5, 0.6) is 0 Å². The highest BCUT2D eigenvalue weighted by Crippen LogP contribution is 2.05. The van der Waals surface area contributed by atoms with Crippen molar-refractivity contribution in [3.05, 3.63) is 35.4 Å². The summed E-state index contributed by atoms with van der Waals surface area (Å²) in [5.74, 6) is 0.358. The molecule has 0 aliphatic carbocycles. The average Bonchev–Trinajstić information content (AvgIpc) is 2.19. The van der Waals surface area contributed by atoms with Gasteiger partial charge in [-0.3, -0.25) is 0 Å². The minimum Gasteiger partial charge on any atom is -0.386 e. The maximum Gasteiger partial charge on any atom is 0.207 e. The highest BCUT2D eigenvalue weighted by Gasteiger charge is 1.96. The molecule has 0 aromatic heterocycles. The van der Waals surface area contributed by atoms with Crippen molar-refractivity contribution in [2.75, 3.05) is 0 Å². The van der Waals surface area contributed by atoms with E-state index in [1.54, 1.807) is 6.19 Å². The van der Waals surface area contributed by atoms with Crippen LogP contribution in [0, 0.1) is 11.5 Å². The van der Waals surface area contributed by atoms with Gasteiger partial charge >= 0.3 is 0 Å². The number of nitrogens with two attached hydrogens (primary N) is 1. The first kappa shape index (κ1) is 10.3. The third-order valence-corrected chi connectivity index (χ3v) is 2.01. The molecular formula is C11H13N3. The number of benzene rings is 1. The summed E-state index contributed by atoms with van der Waals surface area (Å²) in [7, 11) is 0. The van der Waals surface area contributed by atoms with E-state index in [1.807, 2.05) is 12.1 Å². The third kappa shape index (κ3) is 2.91. The lowest BCUT2D eigenvalue weighted by molar-refractivity contribution is 1.13. The van der Waals surface area contributed by atoms with Gasteiger partial charge in [0.05, 0.1) is 0 Å². The number of rotatable bonds is 3. The van der Waals surface area contributed by atoms with E-state index in [4.69, 9.17) is 11.0 Å². The van der Waals surface area contributed by atoms with Gasteiger partial charge in [0.1, 0.15) is 5.84 Å². The molecule has 0 fully saturated rings. The number of aliphatic imine (C=N–C) groups is 1. The van der Waals surface area contributed by atoms with Gasteiger partial charge in [-0.2, -0.15) is 10.3 Å². The predicted molar refractivity (Wildman–Crippen MR) is 56.8 cm³/mol. The summed E-state index contributed by atoms with van der Waals surface area (Å²) in [6.45, 7) is 2.11. The first-order valence-corrected chi connectivity index (χ1v) is 4.55. The van der Waals surface area contributed by atoms with Crippen LogP contribution in [0.4, 0.5) is 0 Å². The fourth-order valence-corrected chi connectivity index (χ4v) is 1.21. The van der Waals surface area contributed by atoms with Crippen LogP contribution in [-0.4, -0.2) is 5.84 Å². The predicted octanol–water partition coefficient (Wildman–Crippen LogP) is 1.63. The minimum absolute atomic E-state index is 0.358. The normalized spacial score (nSPS) is 11.0. The average molecular weight is 187 g/mol. The van der Waals surface area contributed by atoms with Crippen molar-refractivity contribution in [3.8, 4) is 6.19 Å². The SMILES string of the molecule is CCc1ccc(CC(N)=NC#N)cc1. The summed E-state index contributed by atoms with van der Waals surface area (Å²) < 4.78 is 0. The maximum atomic E-state index is 8.28. The molecular weight excluding hydrogens is 174 g/mol. The van der Waals surface area contributed by atoms with Gasteiger partial charge in [0.15, 0.2) is 0 Å². The van der Waals surface area contributed by atoms with Crippen LogP contribution in [0.1, 0.15) is 18.1 Å². The monoisotopic (exact) mass is 187 g/mol. The van der Waals surface area contributed by atoms with Gasteiger partial charge < -0.3 is 5.73 Å². The summed E-state index contributed by atoms with van der Waals surface area (Å²) in [6, 6.07) is 8.15. The Labute approximate surface area is 83.9 Å². The van der Waals surface area contributed by atoms with Gasteiger partial charge in [-0.05, 0) is 17.5 Å². The van der Waals surface area contributed by atoms with E-state index in [2.05, 4.69) is 24.0 Å². The molecule has 1 aromatic rings. The molecule has 0 saturated carbocycles. The Bertz CT molecular complexity index is 357. The van der Waals surface area contributed by atoms with E-state index in [9.17, 15) is 0 Å². The van der Waals surface area contributed by atoms with Gasteiger partial charge in [0, 0.05) is 6.42 Å². The second-order valence-corrected chi connectivity index (χ2v) is 3.05. The number of aryl methyl sites for hydroxylation is 1. The fourth-order valence-electron chi connectivity index (χ4n) is 1.21. The number of hydrogen-bond donors (Lipinski definition) is 1. The molecule has 0 heterocycles. The van der Waals surface area contributed by atoms with Gasteiger partial charge in [0.25, 0.3) is 0 Å². The fraction of sp³-hybridized carbons (Fsp3) is 0.273. The zero-order valence-corrected chi connectivity index (χ0v) is 8.20. The Morgan fingerprint density at radius 2 is 1.93 bits per heavy atom. The molecule has 1 aromatic carbocycles. The Morgan fingerprint density at radius 1 is 1.36 bits per heavy atom. The molecule has 3 nitrogen and oxygen atoms in total. The van der Waals surface area contributed by atoms with Gasteiger partial charge in [-0.1, -0.05) is 31.2 Å². The van der Waals surface area contributed by atoms with E-state index in [1.165, 1.54) is 5.56 Å². The highest BCUT2D eigenvalue weighted by atomic mass is 14.8. The first-order chi connectivity index (χ1) is 6.76. The number of amidine groups is 1. The second kappa shape index (κ2) is 5.03. The van der Waals surface area contributed by atoms with Crippen LogP contribution >= 0.6 is 0 Å². The van der Waals surface area contributed by atoms with Crippen LogP contribution in [0.2, 0.25) is 0 Å². The molecule has 1 rings (SSSR count). The van der Waals surface area contributed by atoms with Crippen molar-refractivity contribution in [1.82, 2.24) is 0 Å². The van der Waals surface area contributed by atoms with Crippen molar-refractivity contribution in [3.63, 3.8) is 0 Å². The lowest BCUT2D eigenvalue weighted by Gasteiger charge is -2.01. The molecule has 0 radical (unpaired) electrons. The first-order valence-electron chi connectivity index (χ1n) is 4.55. The largest absolute Gasteiger partial charge is 0.386 e. The standard InChI is InChI=1S/C11H13N3/c1-2-9-3-5-10(6-4-9)7-11(13)14-8-12/h3-6H,2,7H2,1H3,(H2,13,14). The maximum absolute atomic E-state index is 8.28. The molecule has 0 unspecified atom stereocenters. The van der Waals surface area contributed by atoms with Gasteiger partial charge in [-0.25, -0.2) is 0 Å². The van der Waals surface area contributed by atoms with Crippen LogP contribution in [0.15, 0.2) is 29.3 Å². The summed E-state index contributed by atoms with van der Waals surface area (Å²) in [5.41, 5.74) is 7.89. The van der Waals surface area contributed by atoms with Crippen LogP contribution in [-0.2, 0) is 12.8 Å². The smallest absolute Gasteiger partial charge is 0.207 e. The van der Waals surface area contributed by atoms with Crippen molar-refractivity contribution < 1.29 is 0 Å². The highest BCUT2D eigenvalue weighted by molar-refractivity contribution is 5.83. The zero-order chi connectivity index (χ0) is 10.4. The van der Waals surface area contributed by atoms with Gasteiger partial charge in [-0.15, -0.1) is 0 Å². The second-order valence-electron chi connectivity index (χ2n) is 3.05. The van der Waals surface area contributed by atoms with E-state index in [0.29, 0.717) is 12.3 Å². The lowest BCUT2D eigenvalue weighted by atomic mass is 10.1. The molecule has 2 N–H and O–H groups in total. The Kier molecular flexibility index (Phi) is 3.69. The molecule has 0 saturated heterocycles. The van der Waals surface area contributed by atoms with Crippen molar-refractivity contribution >= 4 is 5.84 Å². The molecule has 0 bridgehead atoms. The quantitative estimate of drug-likeness (QED) is 0.444. The van der Waals surface area contributed by atoms with Crippen LogP contribution in [0.25, 0.3) is 0 Å².